The molecule has 2 nitrogen and oxygen atoms in total. The van der Waals surface area contributed by atoms with E-state index in [0.717, 1.165) is 6.54 Å². The summed E-state index contributed by atoms with van der Waals surface area (Å²) in [6.45, 7) is 3.32. The van der Waals surface area contributed by atoms with Gasteiger partial charge in [0.2, 0.25) is 0 Å². The molecule has 0 aromatic heterocycles. The minimum absolute atomic E-state index is 0.672. The van der Waals surface area contributed by atoms with Crippen molar-refractivity contribution in [3.05, 3.63) is 35.9 Å². The van der Waals surface area contributed by atoms with E-state index in [1.165, 1.54) is 5.56 Å². The Morgan fingerprint density at radius 1 is 1.33 bits per heavy atom. The molecule has 0 aliphatic heterocycles. The van der Waals surface area contributed by atoms with Crippen LogP contribution in [0.3, 0.4) is 0 Å². The highest BCUT2D eigenvalue weighted by Gasteiger charge is 1.90. The Bertz CT molecular complexity index is 241. The molecular weight excluding hydrogens is 148 g/mol. The van der Waals surface area contributed by atoms with Crippen molar-refractivity contribution in [2.24, 2.45) is 0 Å². The summed E-state index contributed by atoms with van der Waals surface area (Å²) in [5.41, 5.74) is 1.93. The third-order valence-electron chi connectivity index (χ3n) is 1.56. The highest BCUT2D eigenvalue weighted by Crippen LogP contribution is 1.96. The fourth-order valence-corrected chi connectivity index (χ4v) is 0.990. The van der Waals surface area contributed by atoms with Crippen molar-refractivity contribution >= 4 is 5.71 Å². The maximum Gasteiger partial charge on any atom is 0.0332 e. The van der Waals surface area contributed by atoms with E-state index < -0.39 is 0 Å². The van der Waals surface area contributed by atoms with Crippen molar-refractivity contribution in [1.82, 2.24) is 5.32 Å². The second-order valence-corrected chi connectivity index (χ2v) is 2.87. The molecule has 0 saturated heterocycles. The molecule has 1 rings (SSSR count). The van der Waals surface area contributed by atoms with Crippen LogP contribution in [0.4, 0.5) is 0 Å². The van der Waals surface area contributed by atoms with Gasteiger partial charge in [-0.05, 0) is 12.5 Å². The Kier molecular flexibility index (Phi) is 3.48. The molecule has 0 heterocycles. The van der Waals surface area contributed by atoms with Gasteiger partial charge in [0.05, 0.1) is 0 Å². The summed E-state index contributed by atoms with van der Waals surface area (Å²) in [4.78, 5) is 0. The predicted molar refractivity (Wildman–Crippen MR) is 51.5 cm³/mol. The highest BCUT2D eigenvalue weighted by molar-refractivity contribution is 5.80. The molecule has 12 heavy (non-hydrogen) atoms. The number of hydrogen-bond donors (Lipinski definition) is 2. The first-order chi connectivity index (χ1) is 5.79. The Labute approximate surface area is 73.1 Å². The van der Waals surface area contributed by atoms with Crippen molar-refractivity contribution in [2.45, 2.75) is 13.5 Å². The smallest absolute Gasteiger partial charge is 0.0332 e. The largest absolute Gasteiger partial charge is 0.309 e. The van der Waals surface area contributed by atoms with Gasteiger partial charge < -0.3 is 10.7 Å². The quantitative estimate of drug-likeness (QED) is 0.651. The Morgan fingerprint density at radius 3 is 2.58 bits per heavy atom. The van der Waals surface area contributed by atoms with Gasteiger partial charge in [0, 0.05) is 18.8 Å². The summed E-state index contributed by atoms with van der Waals surface area (Å²) in [6.07, 6.45) is 0. The Morgan fingerprint density at radius 2 is 2.00 bits per heavy atom. The van der Waals surface area contributed by atoms with Crippen LogP contribution in [0.15, 0.2) is 30.3 Å². The normalized spacial score (nSPS) is 9.75. The predicted octanol–water partition coefficient (Wildman–Crippen LogP) is 1.82. The van der Waals surface area contributed by atoms with Gasteiger partial charge in [-0.2, -0.15) is 0 Å². The summed E-state index contributed by atoms with van der Waals surface area (Å²) < 4.78 is 0. The summed E-state index contributed by atoms with van der Waals surface area (Å²) >= 11 is 0. The summed E-state index contributed by atoms with van der Waals surface area (Å²) in [5.74, 6) is 0. The second-order valence-electron chi connectivity index (χ2n) is 2.87. The van der Waals surface area contributed by atoms with E-state index in [0.29, 0.717) is 12.3 Å². The van der Waals surface area contributed by atoms with Crippen LogP contribution in [0, 0.1) is 5.41 Å². The fraction of sp³-hybridized carbons (Fsp3) is 0.300. The third-order valence-corrected chi connectivity index (χ3v) is 1.56. The first kappa shape index (κ1) is 8.94. The monoisotopic (exact) mass is 162 g/mol. The van der Waals surface area contributed by atoms with Gasteiger partial charge in [0.1, 0.15) is 0 Å². The van der Waals surface area contributed by atoms with E-state index >= 15 is 0 Å². The number of nitrogens with one attached hydrogen (secondary N) is 2. The van der Waals surface area contributed by atoms with Crippen LogP contribution in [0.5, 0.6) is 0 Å². The maximum atomic E-state index is 7.20. The van der Waals surface area contributed by atoms with Gasteiger partial charge in [-0.15, -0.1) is 0 Å². The van der Waals surface area contributed by atoms with E-state index in [1.54, 1.807) is 6.92 Å². The molecule has 0 aliphatic rings. The average Bonchev–Trinajstić information content (AvgIpc) is 2.05. The lowest BCUT2D eigenvalue weighted by Crippen LogP contribution is -2.19. The number of hydrogen-bond acceptors (Lipinski definition) is 2. The van der Waals surface area contributed by atoms with Crippen molar-refractivity contribution in [2.75, 3.05) is 6.54 Å². The van der Waals surface area contributed by atoms with Gasteiger partial charge in [-0.3, -0.25) is 0 Å². The molecule has 64 valence electrons. The molecule has 0 spiro atoms. The lowest BCUT2D eigenvalue weighted by molar-refractivity contribution is 0.773. The van der Waals surface area contributed by atoms with Crippen LogP contribution in [0.25, 0.3) is 0 Å². The average molecular weight is 162 g/mol. The van der Waals surface area contributed by atoms with Crippen molar-refractivity contribution in [1.29, 1.82) is 5.41 Å². The molecule has 0 atom stereocenters. The number of benzene rings is 1. The minimum Gasteiger partial charge on any atom is -0.309 e. The van der Waals surface area contributed by atoms with E-state index in [2.05, 4.69) is 17.4 Å². The first-order valence-electron chi connectivity index (χ1n) is 4.07. The Hall–Kier alpha value is -1.15. The topological polar surface area (TPSA) is 35.9 Å². The second kappa shape index (κ2) is 4.67. The lowest BCUT2D eigenvalue weighted by atomic mass is 10.2. The molecule has 0 aliphatic carbocycles. The van der Waals surface area contributed by atoms with Crippen LogP contribution < -0.4 is 5.32 Å². The van der Waals surface area contributed by atoms with E-state index in [1.807, 2.05) is 18.2 Å². The minimum atomic E-state index is 0.672. The van der Waals surface area contributed by atoms with Crippen molar-refractivity contribution in [3.8, 4) is 0 Å². The van der Waals surface area contributed by atoms with Gasteiger partial charge in [-0.25, -0.2) is 0 Å². The third kappa shape index (κ3) is 3.30. The highest BCUT2D eigenvalue weighted by atomic mass is 14.9. The molecule has 0 fully saturated rings. The molecule has 0 radical (unpaired) electrons. The van der Waals surface area contributed by atoms with Crippen LogP contribution in [-0.2, 0) is 6.54 Å². The molecule has 0 bridgehead atoms. The summed E-state index contributed by atoms with van der Waals surface area (Å²) in [7, 11) is 0. The molecule has 0 unspecified atom stereocenters. The van der Waals surface area contributed by atoms with Crippen LogP contribution in [0.1, 0.15) is 12.5 Å². The van der Waals surface area contributed by atoms with Crippen molar-refractivity contribution < 1.29 is 0 Å². The molecule has 1 aromatic rings. The molecular formula is C10H14N2. The van der Waals surface area contributed by atoms with Crippen LogP contribution in [-0.4, -0.2) is 12.3 Å². The molecule has 0 saturated carbocycles. The van der Waals surface area contributed by atoms with Gasteiger partial charge in [0.15, 0.2) is 0 Å². The molecule has 0 amide bonds. The van der Waals surface area contributed by atoms with E-state index in [9.17, 15) is 0 Å². The zero-order chi connectivity index (χ0) is 8.81. The van der Waals surface area contributed by atoms with Crippen LogP contribution >= 0.6 is 0 Å². The molecule has 2 N–H and O–H groups in total. The zero-order valence-electron chi connectivity index (χ0n) is 7.30. The van der Waals surface area contributed by atoms with Gasteiger partial charge in [0.25, 0.3) is 0 Å². The fourth-order valence-electron chi connectivity index (χ4n) is 0.990. The van der Waals surface area contributed by atoms with E-state index in [-0.39, 0.29) is 0 Å². The maximum absolute atomic E-state index is 7.20. The Balaban J connectivity index is 2.29. The zero-order valence-corrected chi connectivity index (χ0v) is 7.30. The first-order valence-corrected chi connectivity index (χ1v) is 4.07. The number of rotatable bonds is 4. The SMILES string of the molecule is CC(=N)CNCc1ccccc1. The summed E-state index contributed by atoms with van der Waals surface area (Å²) in [6, 6.07) is 10.2. The summed E-state index contributed by atoms with van der Waals surface area (Å²) in [5, 5.41) is 10.4. The van der Waals surface area contributed by atoms with E-state index in [4.69, 9.17) is 5.41 Å². The molecule has 1 aromatic carbocycles. The standard InChI is InChI=1S/C10H14N2/c1-9(11)7-12-8-10-5-3-2-4-6-10/h2-6,11-12H,7-8H2,1H3. The van der Waals surface area contributed by atoms with Crippen LogP contribution in [0.2, 0.25) is 0 Å². The van der Waals surface area contributed by atoms with Gasteiger partial charge in [-0.1, -0.05) is 30.3 Å². The molecule has 2 heteroatoms. The lowest BCUT2D eigenvalue weighted by Gasteiger charge is -2.02. The van der Waals surface area contributed by atoms with Gasteiger partial charge >= 0.3 is 0 Å². The van der Waals surface area contributed by atoms with Crippen molar-refractivity contribution in [3.63, 3.8) is 0 Å².